The Bertz CT molecular complexity index is 549. The van der Waals surface area contributed by atoms with Crippen LogP contribution in [0.4, 0.5) is 5.82 Å². The van der Waals surface area contributed by atoms with Gasteiger partial charge in [0.1, 0.15) is 5.82 Å². The number of hydrogen-bond donors (Lipinski definition) is 1. The van der Waals surface area contributed by atoms with Crippen LogP contribution in [-0.4, -0.2) is 18.6 Å². The van der Waals surface area contributed by atoms with Crippen molar-refractivity contribution in [1.29, 1.82) is 0 Å². The van der Waals surface area contributed by atoms with Gasteiger partial charge in [0, 0.05) is 25.8 Å². The monoisotopic (exact) mass is 303 g/mol. The Morgan fingerprint density at radius 2 is 2.10 bits per heavy atom. The van der Waals surface area contributed by atoms with Crippen LogP contribution in [0.25, 0.3) is 0 Å². The molecule has 0 saturated heterocycles. The maximum atomic E-state index is 4.82. The number of aromatic nitrogens is 1. The van der Waals surface area contributed by atoms with E-state index in [1.807, 2.05) is 0 Å². The maximum Gasteiger partial charge on any atom is 0.129 e. The van der Waals surface area contributed by atoms with Gasteiger partial charge in [0.15, 0.2) is 0 Å². The molecule has 0 aliphatic heterocycles. The van der Waals surface area contributed by atoms with Gasteiger partial charge in [-0.2, -0.15) is 11.3 Å². The summed E-state index contributed by atoms with van der Waals surface area (Å²) in [6.07, 6.45) is 0. The zero-order valence-corrected chi connectivity index (χ0v) is 14.2. The number of rotatable bonds is 7. The van der Waals surface area contributed by atoms with E-state index < -0.39 is 0 Å². The Morgan fingerprint density at radius 3 is 2.71 bits per heavy atom. The summed E-state index contributed by atoms with van der Waals surface area (Å²) in [5.41, 5.74) is 3.81. The average Bonchev–Trinajstić information content (AvgIpc) is 2.97. The first-order chi connectivity index (χ1) is 10.1. The summed E-state index contributed by atoms with van der Waals surface area (Å²) in [7, 11) is 2.11. The van der Waals surface area contributed by atoms with Crippen LogP contribution >= 0.6 is 11.3 Å². The van der Waals surface area contributed by atoms with Gasteiger partial charge in [-0.1, -0.05) is 20.8 Å². The SMILES string of the molecule is CCNCc1cc(C(C)C)nc(N(C)Cc2ccsc2)c1. The molecule has 21 heavy (non-hydrogen) atoms. The van der Waals surface area contributed by atoms with Gasteiger partial charge in [-0.15, -0.1) is 0 Å². The highest BCUT2D eigenvalue weighted by atomic mass is 32.1. The van der Waals surface area contributed by atoms with Crippen LogP contribution in [0.5, 0.6) is 0 Å². The van der Waals surface area contributed by atoms with Gasteiger partial charge >= 0.3 is 0 Å². The fraction of sp³-hybridized carbons (Fsp3) is 0.471. The molecule has 0 aliphatic carbocycles. The summed E-state index contributed by atoms with van der Waals surface area (Å²) in [5, 5.41) is 7.72. The second-order valence-electron chi connectivity index (χ2n) is 5.68. The van der Waals surface area contributed by atoms with E-state index in [0.29, 0.717) is 5.92 Å². The summed E-state index contributed by atoms with van der Waals surface area (Å²) in [4.78, 5) is 7.05. The van der Waals surface area contributed by atoms with E-state index in [2.05, 4.69) is 67.0 Å². The lowest BCUT2D eigenvalue weighted by Crippen LogP contribution is -2.19. The molecular formula is C17H25N3S. The standard InChI is InChI=1S/C17H25N3S/c1-5-18-10-15-8-16(13(2)3)19-17(9-15)20(4)11-14-6-7-21-12-14/h6-9,12-13,18H,5,10-11H2,1-4H3. The van der Waals surface area contributed by atoms with Gasteiger partial charge in [-0.25, -0.2) is 4.98 Å². The molecule has 2 rings (SSSR count). The van der Waals surface area contributed by atoms with E-state index in [1.165, 1.54) is 11.1 Å². The minimum atomic E-state index is 0.444. The smallest absolute Gasteiger partial charge is 0.129 e. The van der Waals surface area contributed by atoms with Crippen molar-refractivity contribution in [2.75, 3.05) is 18.5 Å². The van der Waals surface area contributed by atoms with Crippen molar-refractivity contribution >= 4 is 17.2 Å². The van der Waals surface area contributed by atoms with Crippen LogP contribution in [0.1, 0.15) is 43.5 Å². The molecule has 0 aliphatic rings. The zero-order valence-electron chi connectivity index (χ0n) is 13.4. The molecule has 0 aromatic carbocycles. The van der Waals surface area contributed by atoms with Crippen molar-refractivity contribution < 1.29 is 0 Å². The van der Waals surface area contributed by atoms with E-state index in [4.69, 9.17) is 4.98 Å². The van der Waals surface area contributed by atoms with Crippen molar-refractivity contribution in [3.63, 3.8) is 0 Å². The topological polar surface area (TPSA) is 28.2 Å². The fourth-order valence-corrected chi connectivity index (χ4v) is 2.85. The molecule has 0 saturated carbocycles. The largest absolute Gasteiger partial charge is 0.355 e. The van der Waals surface area contributed by atoms with Crippen LogP contribution in [0.15, 0.2) is 29.0 Å². The summed E-state index contributed by atoms with van der Waals surface area (Å²) in [6, 6.07) is 6.59. The van der Waals surface area contributed by atoms with E-state index >= 15 is 0 Å². The predicted molar refractivity (Wildman–Crippen MR) is 92.1 cm³/mol. The molecule has 1 N–H and O–H groups in total. The van der Waals surface area contributed by atoms with Crippen molar-refractivity contribution in [1.82, 2.24) is 10.3 Å². The van der Waals surface area contributed by atoms with E-state index in [0.717, 1.165) is 31.1 Å². The van der Waals surface area contributed by atoms with Crippen molar-refractivity contribution in [3.8, 4) is 0 Å². The van der Waals surface area contributed by atoms with Crippen LogP contribution < -0.4 is 10.2 Å². The molecule has 0 atom stereocenters. The summed E-state index contributed by atoms with van der Waals surface area (Å²) < 4.78 is 0. The Morgan fingerprint density at radius 1 is 1.29 bits per heavy atom. The van der Waals surface area contributed by atoms with Crippen LogP contribution in [0, 0.1) is 0 Å². The normalized spacial score (nSPS) is 11.1. The first kappa shape index (κ1) is 16.0. The minimum absolute atomic E-state index is 0.444. The summed E-state index contributed by atoms with van der Waals surface area (Å²) >= 11 is 1.74. The van der Waals surface area contributed by atoms with E-state index in [-0.39, 0.29) is 0 Å². The zero-order chi connectivity index (χ0) is 15.2. The van der Waals surface area contributed by atoms with E-state index in [9.17, 15) is 0 Å². The lowest BCUT2D eigenvalue weighted by Gasteiger charge is -2.20. The molecule has 4 heteroatoms. The fourth-order valence-electron chi connectivity index (χ4n) is 2.19. The Labute approximate surface area is 132 Å². The average molecular weight is 303 g/mol. The third-order valence-electron chi connectivity index (χ3n) is 3.45. The third-order valence-corrected chi connectivity index (χ3v) is 4.19. The molecule has 0 fully saturated rings. The quantitative estimate of drug-likeness (QED) is 0.837. The first-order valence-corrected chi connectivity index (χ1v) is 8.48. The van der Waals surface area contributed by atoms with Gasteiger partial charge in [0.2, 0.25) is 0 Å². The number of thiophene rings is 1. The molecule has 2 heterocycles. The number of nitrogens with zero attached hydrogens (tertiary/aromatic N) is 2. The lowest BCUT2D eigenvalue weighted by molar-refractivity contribution is 0.718. The number of nitrogens with one attached hydrogen (secondary N) is 1. The van der Waals surface area contributed by atoms with Gasteiger partial charge in [-0.3, -0.25) is 0 Å². The molecule has 0 unspecified atom stereocenters. The molecule has 0 radical (unpaired) electrons. The van der Waals surface area contributed by atoms with Crippen LogP contribution in [-0.2, 0) is 13.1 Å². The number of pyridine rings is 1. The molecule has 0 spiro atoms. The molecular weight excluding hydrogens is 278 g/mol. The highest BCUT2D eigenvalue weighted by Gasteiger charge is 2.10. The highest BCUT2D eigenvalue weighted by molar-refractivity contribution is 7.07. The second kappa shape index (κ2) is 7.57. The van der Waals surface area contributed by atoms with Gasteiger partial charge in [-0.05, 0) is 52.5 Å². The first-order valence-electron chi connectivity index (χ1n) is 7.54. The van der Waals surface area contributed by atoms with Crippen molar-refractivity contribution in [2.24, 2.45) is 0 Å². The Kier molecular flexibility index (Phi) is 5.76. The van der Waals surface area contributed by atoms with Crippen LogP contribution in [0.2, 0.25) is 0 Å². The lowest BCUT2D eigenvalue weighted by atomic mass is 10.1. The molecule has 0 amide bonds. The van der Waals surface area contributed by atoms with Gasteiger partial charge < -0.3 is 10.2 Å². The molecule has 0 bridgehead atoms. The number of hydrogen-bond acceptors (Lipinski definition) is 4. The van der Waals surface area contributed by atoms with Crippen molar-refractivity contribution in [2.45, 2.75) is 39.8 Å². The molecule has 114 valence electrons. The molecule has 2 aromatic heterocycles. The molecule has 3 nitrogen and oxygen atoms in total. The maximum absolute atomic E-state index is 4.82. The Balaban J connectivity index is 2.21. The summed E-state index contributed by atoms with van der Waals surface area (Å²) in [5.74, 6) is 1.50. The summed E-state index contributed by atoms with van der Waals surface area (Å²) in [6.45, 7) is 9.31. The highest BCUT2D eigenvalue weighted by Crippen LogP contribution is 2.21. The van der Waals surface area contributed by atoms with Crippen LogP contribution in [0.3, 0.4) is 0 Å². The second-order valence-corrected chi connectivity index (χ2v) is 6.46. The van der Waals surface area contributed by atoms with Gasteiger partial charge in [0.05, 0.1) is 0 Å². The predicted octanol–water partition coefficient (Wildman–Crippen LogP) is 4.01. The van der Waals surface area contributed by atoms with E-state index in [1.54, 1.807) is 11.3 Å². The molecule has 2 aromatic rings. The third kappa shape index (κ3) is 4.55. The number of anilines is 1. The Hall–Kier alpha value is -1.39. The van der Waals surface area contributed by atoms with Crippen molar-refractivity contribution in [3.05, 3.63) is 45.8 Å². The van der Waals surface area contributed by atoms with Gasteiger partial charge in [0.25, 0.3) is 0 Å². The minimum Gasteiger partial charge on any atom is -0.355 e.